The third-order valence-electron chi connectivity index (χ3n) is 4.60. The zero-order valence-corrected chi connectivity index (χ0v) is 10.7. The largest absolute Gasteiger partial charge is 0.381 e. The summed E-state index contributed by atoms with van der Waals surface area (Å²) in [5.41, 5.74) is 2.44. The van der Waals surface area contributed by atoms with Crippen molar-refractivity contribution in [2.24, 2.45) is 11.8 Å². The lowest BCUT2D eigenvalue weighted by Gasteiger charge is -2.23. The van der Waals surface area contributed by atoms with Gasteiger partial charge in [-0.1, -0.05) is 0 Å². The first kappa shape index (κ1) is 11.3. The number of carbonyl (C=O) groups excluding carboxylic acids is 1. The van der Waals surface area contributed by atoms with Crippen molar-refractivity contribution < 1.29 is 9.53 Å². The van der Waals surface area contributed by atoms with Gasteiger partial charge in [-0.05, 0) is 24.8 Å². The number of H-pyrrole nitrogens is 1. The molecule has 102 valence electrons. The van der Waals surface area contributed by atoms with Gasteiger partial charge in [0.25, 0.3) is 0 Å². The van der Waals surface area contributed by atoms with Crippen LogP contribution in [0.3, 0.4) is 0 Å². The molecule has 2 heterocycles. The molecule has 0 radical (unpaired) electrons. The van der Waals surface area contributed by atoms with E-state index in [2.05, 4.69) is 20.8 Å². The van der Waals surface area contributed by atoms with Crippen LogP contribution in [0, 0.1) is 11.8 Å². The Labute approximate surface area is 111 Å². The van der Waals surface area contributed by atoms with Crippen LogP contribution in [0.15, 0.2) is 6.20 Å². The van der Waals surface area contributed by atoms with Crippen molar-refractivity contribution in [2.45, 2.75) is 31.3 Å². The fourth-order valence-electron chi connectivity index (χ4n) is 3.37. The van der Waals surface area contributed by atoms with E-state index in [1.807, 2.05) is 6.20 Å². The number of hydrogen-bond acceptors (Lipinski definition) is 3. The second-order valence-electron chi connectivity index (χ2n) is 5.82. The second-order valence-corrected chi connectivity index (χ2v) is 5.82. The molecule has 0 bridgehead atoms. The molecule has 1 aromatic heterocycles. The standard InChI is InChI=1S/C13H18N4O2/c18-13(16-12-9-5-19-6-10(9)12)15-8-1-2-11-7(3-8)4-14-17-11/h4,8-10,12H,1-3,5-6H2,(H,14,17)(H2,15,16,18)/t8?,9-,10+,12?. The lowest BCUT2D eigenvalue weighted by Crippen LogP contribution is -2.46. The fraction of sp³-hybridized carbons (Fsp3) is 0.692. The number of amides is 2. The third-order valence-corrected chi connectivity index (χ3v) is 4.60. The number of hydrogen-bond donors (Lipinski definition) is 3. The maximum Gasteiger partial charge on any atom is 0.315 e. The van der Waals surface area contributed by atoms with Gasteiger partial charge in [-0.2, -0.15) is 5.10 Å². The number of fused-ring (bicyclic) bond motifs is 2. The van der Waals surface area contributed by atoms with Crippen molar-refractivity contribution in [2.75, 3.05) is 13.2 Å². The number of carbonyl (C=O) groups is 1. The van der Waals surface area contributed by atoms with E-state index in [1.165, 1.54) is 11.3 Å². The third kappa shape index (κ3) is 2.00. The van der Waals surface area contributed by atoms with Gasteiger partial charge in [0.15, 0.2) is 0 Å². The van der Waals surface area contributed by atoms with Gasteiger partial charge in [0, 0.05) is 29.6 Å². The highest BCUT2D eigenvalue weighted by atomic mass is 16.5. The molecule has 0 spiro atoms. The Morgan fingerprint density at radius 3 is 3.05 bits per heavy atom. The van der Waals surface area contributed by atoms with Crippen molar-refractivity contribution in [1.82, 2.24) is 20.8 Å². The second kappa shape index (κ2) is 4.23. The molecular weight excluding hydrogens is 244 g/mol. The van der Waals surface area contributed by atoms with Crippen LogP contribution in [0.25, 0.3) is 0 Å². The molecule has 4 atom stereocenters. The minimum atomic E-state index is -0.0312. The lowest BCUT2D eigenvalue weighted by atomic mass is 9.94. The summed E-state index contributed by atoms with van der Waals surface area (Å²) in [5.74, 6) is 1.11. The van der Waals surface area contributed by atoms with E-state index < -0.39 is 0 Å². The number of ether oxygens (including phenoxy) is 1. The van der Waals surface area contributed by atoms with Gasteiger partial charge in [-0.3, -0.25) is 5.10 Å². The van der Waals surface area contributed by atoms with Gasteiger partial charge >= 0.3 is 6.03 Å². The van der Waals surface area contributed by atoms with Crippen LogP contribution in [0.4, 0.5) is 4.79 Å². The molecule has 4 rings (SSSR count). The minimum Gasteiger partial charge on any atom is -0.381 e. The van der Waals surface area contributed by atoms with E-state index >= 15 is 0 Å². The van der Waals surface area contributed by atoms with Crippen LogP contribution in [0.2, 0.25) is 0 Å². The Morgan fingerprint density at radius 1 is 1.37 bits per heavy atom. The van der Waals surface area contributed by atoms with Gasteiger partial charge in [0.05, 0.1) is 19.4 Å². The predicted molar refractivity (Wildman–Crippen MR) is 67.7 cm³/mol. The van der Waals surface area contributed by atoms with Crippen LogP contribution >= 0.6 is 0 Å². The highest BCUT2D eigenvalue weighted by Crippen LogP contribution is 2.43. The van der Waals surface area contributed by atoms with Crippen molar-refractivity contribution in [1.29, 1.82) is 0 Å². The van der Waals surface area contributed by atoms with Crippen LogP contribution in [-0.2, 0) is 17.6 Å². The zero-order chi connectivity index (χ0) is 12.8. The highest BCUT2D eigenvalue weighted by Gasteiger charge is 2.54. The summed E-state index contributed by atoms with van der Waals surface area (Å²) in [6.45, 7) is 1.61. The molecule has 1 aromatic rings. The van der Waals surface area contributed by atoms with Crippen LogP contribution in [0.1, 0.15) is 17.7 Å². The molecule has 2 amide bonds. The van der Waals surface area contributed by atoms with Crippen molar-refractivity contribution in [3.63, 3.8) is 0 Å². The Hall–Kier alpha value is -1.56. The number of aryl methyl sites for hydroxylation is 1. The fourth-order valence-corrected chi connectivity index (χ4v) is 3.37. The first-order valence-electron chi connectivity index (χ1n) is 6.97. The molecule has 2 unspecified atom stereocenters. The summed E-state index contributed by atoms with van der Waals surface area (Å²) >= 11 is 0. The van der Waals surface area contributed by atoms with Gasteiger partial charge in [0.1, 0.15) is 0 Å². The van der Waals surface area contributed by atoms with E-state index in [9.17, 15) is 4.79 Å². The molecule has 1 aliphatic heterocycles. The number of urea groups is 1. The van der Waals surface area contributed by atoms with E-state index in [-0.39, 0.29) is 12.1 Å². The summed E-state index contributed by atoms with van der Waals surface area (Å²) < 4.78 is 5.32. The summed E-state index contributed by atoms with van der Waals surface area (Å²) in [6, 6.07) is 0.526. The summed E-state index contributed by atoms with van der Waals surface area (Å²) in [6.07, 6.45) is 4.68. The highest BCUT2D eigenvalue weighted by molar-refractivity contribution is 5.75. The van der Waals surface area contributed by atoms with Crippen molar-refractivity contribution >= 4 is 6.03 Å². The maximum absolute atomic E-state index is 12.0. The number of aromatic amines is 1. The van der Waals surface area contributed by atoms with Gasteiger partial charge in [0.2, 0.25) is 0 Å². The predicted octanol–water partition coefficient (Wildman–Crippen LogP) is 0.211. The van der Waals surface area contributed by atoms with E-state index in [4.69, 9.17) is 4.74 Å². The number of rotatable bonds is 2. The number of nitrogens with one attached hydrogen (secondary N) is 3. The van der Waals surface area contributed by atoms with Crippen LogP contribution in [-0.4, -0.2) is 41.5 Å². The molecule has 6 heteroatoms. The molecule has 2 aliphatic carbocycles. The average molecular weight is 262 g/mol. The van der Waals surface area contributed by atoms with Crippen molar-refractivity contribution in [3.8, 4) is 0 Å². The van der Waals surface area contributed by atoms with Gasteiger partial charge in [-0.15, -0.1) is 0 Å². The average Bonchev–Trinajstić information content (AvgIpc) is 2.85. The molecule has 2 fully saturated rings. The summed E-state index contributed by atoms with van der Waals surface area (Å²) in [7, 11) is 0. The molecule has 6 nitrogen and oxygen atoms in total. The lowest BCUT2D eigenvalue weighted by molar-refractivity contribution is 0.156. The minimum absolute atomic E-state index is 0.0312. The first-order valence-corrected chi connectivity index (χ1v) is 6.97. The van der Waals surface area contributed by atoms with Gasteiger partial charge in [-0.25, -0.2) is 4.79 Å². The molecule has 1 saturated heterocycles. The molecule has 19 heavy (non-hydrogen) atoms. The number of aromatic nitrogens is 2. The topological polar surface area (TPSA) is 79.0 Å². The quantitative estimate of drug-likeness (QED) is 0.713. The SMILES string of the molecule is O=C(NC1CCc2[nH]ncc2C1)NC1[C@H]2COC[C@@H]12. The van der Waals surface area contributed by atoms with Crippen molar-refractivity contribution in [3.05, 3.63) is 17.5 Å². The molecule has 0 aromatic carbocycles. The van der Waals surface area contributed by atoms with E-state index in [0.717, 1.165) is 32.5 Å². The Morgan fingerprint density at radius 2 is 2.21 bits per heavy atom. The van der Waals surface area contributed by atoms with Gasteiger partial charge < -0.3 is 15.4 Å². The summed E-state index contributed by atoms with van der Waals surface area (Å²) in [5, 5.41) is 13.2. The monoisotopic (exact) mass is 262 g/mol. The Balaban J connectivity index is 1.29. The Bertz CT molecular complexity index is 491. The van der Waals surface area contributed by atoms with Crippen LogP contribution < -0.4 is 10.6 Å². The van der Waals surface area contributed by atoms with E-state index in [0.29, 0.717) is 17.9 Å². The molecular formula is C13H18N4O2. The zero-order valence-electron chi connectivity index (χ0n) is 10.7. The molecule has 3 aliphatic rings. The maximum atomic E-state index is 12.0. The Kier molecular flexibility index (Phi) is 2.51. The number of nitrogens with zero attached hydrogens (tertiary/aromatic N) is 1. The normalized spacial score (nSPS) is 35.4. The van der Waals surface area contributed by atoms with E-state index in [1.54, 1.807) is 0 Å². The molecule has 3 N–H and O–H groups in total. The molecule has 1 saturated carbocycles. The first-order chi connectivity index (χ1) is 9.31. The summed E-state index contributed by atoms with van der Waals surface area (Å²) in [4.78, 5) is 12.0. The smallest absolute Gasteiger partial charge is 0.315 e. The van der Waals surface area contributed by atoms with Crippen LogP contribution in [0.5, 0.6) is 0 Å².